The van der Waals surface area contributed by atoms with Gasteiger partial charge >= 0.3 is 6.36 Å². The van der Waals surface area contributed by atoms with Crippen LogP contribution < -0.4 is 10.1 Å². The molecule has 0 aromatic heterocycles. The van der Waals surface area contributed by atoms with E-state index >= 15 is 0 Å². The summed E-state index contributed by atoms with van der Waals surface area (Å²) >= 11 is 0. The molecule has 32 heavy (non-hydrogen) atoms. The quantitative estimate of drug-likeness (QED) is 0.535. The first-order valence-electron chi connectivity index (χ1n) is 9.73. The largest absolute Gasteiger partial charge is 0.573 e. The molecule has 0 aliphatic carbocycles. The maximum atomic E-state index is 12.8. The Labute approximate surface area is 183 Å². The van der Waals surface area contributed by atoms with Gasteiger partial charge in [-0.25, -0.2) is 0 Å². The van der Waals surface area contributed by atoms with Gasteiger partial charge in [-0.15, -0.1) is 13.2 Å². The molecule has 0 fully saturated rings. The van der Waals surface area contributed by atoms with Crippen LogP contribution in [0.2, 0.25) is 0 Å². The zero-order valence-electron chi connectivity index (χ0n) is 17.4. The minimum Gasteiger partial charge on any atom is -0.406 e. The third kappa shape index (κ3) is 5.87. The van der Waals surface area contributed by atoms with E-state index in [1.165, 1.54) is 17.0 Å². The summed E-state index contributed by atoms with van der Waals surface area (Å²) < 4.78 is 40.8. The summed E-state index contributed by atoms with van der Waals surface area (Å²) in [7, 11) is 1.60. The molecule has 1 atom stereocenters. The van der Waals surface area contributed by atoms with Gasteiger partial charge in [-0.05, 0) is 61.0 Å². The van der Waals surface area contributed by atoms with E-state index in [9.17, 15) is 22.8 Å². The molecule has 166 valence electrons. The minimum absolute atomic E-state index is 0.224. The lowest BCUT2D eigenvalue weighted by molar-refractivity contribution is -0.274. The van der Waals surface area contributed by atoms with Crippen molar-refractivity contribution < 1.29 is 27.5 Å². The predicted octanol–water partition coefficient (Wildman–Crippen LogP) is 5.67. The molecular formula is C24H21F3N2O3. The van der Waals surface area contributed by atoms with Crippen LogP contribution in [-0.2, 0) is 0 Å². The van der Waals surface area contributed by atoms with E-state index in [1.54, 1.807) is 49.5 Å². The third-order valence-corrected chi connectivity index (χ3v) is 4.90. The number of alkyl halides is 3. The van der Waals surface area contributed by atoms with Gasteiger partial charge in [0.2, 0.25) is 0 Å². The van der Waals surface area contributed by atoms with Gasteiger partial charge in [-0.3, -0.25) is 9.59 Å². The van der Waals surface area contributed by atoms with E-state index in [4.69, 9.17) is 0 Å². The highest BCUT2D eigenvalue weighted by Crippen LogP contribution is 2.26. The Bertz CT molecular complexity index is 1080. The second-order valence-electron chi connectivity index (χ2n) is 7.11. The van der Waals surface area contributed by atoms with Crippen molar-refractivity contribution in [3.63, 3.8) is 0 Å². The number of carbonyl (C=O) groups excluding carboxylic acids is 2. The van der Waals surface area contributed by atoms with Crippen molar-refractivity contribution in [3.05, 3.63) is 95.6 Å². The number of anilines is 1. The fourth-order valence-corrected chi connectivity index (χ4v) is 3.07. The van der Waals surface area contributed by atoms with Gasteiger partial charge in [0.1, 0.15) is 5.75 Å². The molecule has 0 saturated carbocycles. The van der Waals surface area contributed by atoms with Crippen LogP contribution in [0.15, 0.2) is 78.9 Å². The Hall–Kier alpha value is -3.81. The zero-order valence-corrected chi connectivity index (χ0v) is 17.4. The summed E-state index contributed by atoms with van der Waals surface area (Å²) in [5.74, 6) is -1.01. The predicted molar refractivity (Wildman–Crippen MR) is 114 cm³/mol. The lowest BCUT2D eigenvalue weighted by Crippen LogP contribution is -2.29. The van der Waals surface area contributed by atoms with Crippen molar-refractivity contribution >= 4 is 17.5 Å². The van der Waals surface area contributed by atoms with Crippen LogP contribution in [0, 0.1) is 0 Å². The van der Waals surface area contributed by atoms with Crippen LogP contribution in [0.1, 0.15) is 39.2 Å². The molecule has 3 aromatic rings. The number of carbonyl (C=O) groups is 2. The van der Waals surface area contributed by atoms with Crippen LogP contribution in [-0.4, -0.2) is 30.1 Å². The van der Waals surface area contributed by atoms with Crippen molar-refractivity contribution in [2.75, 3.05) is 12.4 Å². The standard InChI is InChI=1S/C24H21F3N2O3/c1-16(29(2)23(31)18-11-13-21(14-12-18)32-24(25,26)27)19-9-6-10-20(15-19)28-22(30)17-7-4-3-5-8-17/h3-16H,1-2H3,(H,28,30). The maximum Gasteiger partial charge on any atom is 0.573 e. The third-order valence-electron chi connectivity index (χ3n) is 4.90. The molecule has 0 heterocycles. The van der Waals surface area contributed by atoms with Gasteiger partial charge in [-0.2, -0.15) is 0 Å². The Morgan fingerprint density at radius 1 is 0.906 bits per heavy atom. The summed E-state index contributed by atoms with van der Waals surface area (Å²) in [5.41, 5.74) is 2.11. The number of hydrogen-bond acceptors (Lipinski definition) is 3. The lowest BCUT2D eigenvalue weighted by Gasteiger charge is -2.26. The highest BCUT2D eigenvalue weighted by molar-refractivity contribution is 6.04. The average molecular weight is 442 g/mol. The van der Waals surface area contributed by atoms with Crippen LogP contribution in [0.5, 0.6) is 5.75 Å². The molecule has 8 heteroatoms. The topological polar surface area (TPSA) is 58.6 Å². The summed E-state index contributed by atoms with van der Waals surface area (Å²) in [4.78, 5) is 26.6. The highest BCUT2D eigenvalue weighted by Gasteiger charge is 2.31. The summed E-state index contributed by atoms with van der Waals surface area (Å²) in [5, 5.41) is 2.83. The first-order valence-corrected chi connectivity index (χ1v) is 9.73. The summed E-state index contributed by atoms with van der Waals surface area (Å²) in [6.45, 7) is 1.82. The molecule has 0 aliphatic heterocycles. The zero-order chi connectivity index (χ0) is 23.3. The number of amides is 2. The molecule has 0 bridgehead atoms. The van der Waals surface area contributed by atoms with E-state index in [0.717, 1.165) is 17.7 Å². The normalized spacial score (nSPS) is 12.0. The maximum absolute atomic E-state index is 12.8. The second-order valence-corrected chi connectivity index (χ2v) is 7.11. The van der Waals surface area contributed by atoms with Gasteiger partial charge in [0.05, 0.1) is 6.04 Å². The van der Waals surface area contributed by atoms with Gasteiger partial charge in [0, 0.05) is 23.9 Å². The van der Waals surface area contributed by atoms with Gasteiger partial charge in [-0.1, -0.05) is 30.3 Å². The number of rotatable bonds is 6. The molecular weight excluding hydrogens is 421 g/mol. The van der Waals surface area contributed by atoms with Crippen molar-refractivity contribution in [1.82, 2.24) is 4.90 Å². The fourth-order valence-electron chi connectivity index (χ4n) is 3.07. The molecule has 3 aromatic carbocycles. The summed E-state index contributed by atoms with van der Waals surface area (Å²) in [6.07, 6.45) is -4.79. The number of halogens is 3. The van der Waals surface area contributed by atoms with E-state index in [1.807, 2.05) is 19.1 Å². The lowest BCUT2D eigenvalue weighted by atomic mass is 10.0. The highest BCUT2D eigenvalue weighted by atomic mass is 19.4. The Morgan fingerprint density at radius 3 is 2.19 bits per heavy atom. The number of ether oxygens (including phenoxy) is 1. The minimum atomic E-state index is -4.79. The molecule has 5 nitrogen and oxygen atoms in total. The molecule has 1 unspecified atom stereocenters. The van der Waals surface area contributed by atoms with Crippen molar-refractivity contribution in [1.29, 1.82) is 0 Å². The van der Waals surface area contributed by atoms with Crippen molar-refractivity contribution in [3.8, 4) is 5.75 Å². The Kier molecular flexibility index (Phi) is 6.82. The van der Waals surface area contributed by atoms with Gasteiger partial charge in [0.15, 0.2) is 0 Å². The van der Waals surface area contributed by atoms with Crippen LogP contribution in [0.25, 0.3) is 0 Å². The number of nitrogens with zero attached hydrogens (tertiary/aromatic N) is 1. The summed E-state index contributed by atoms with van der Waals surface area (Å²) in [6, 6.07) is 20.3. The van der Waals surface area contributed by atoms with E-state index in [-0.39, 0.29) is 23.4 Å². The average Bonchev–Trinajstić information content (AvgIpc) is 2.78. The van der Waals surface area contributed by atoms with Gasteiger partial charge < -0.3 is 15.0 Å². The van der Waals surface area contributed by atoms with Crippen LogP contribution in [0.4, 0.5) is 18.9 Å². The molecule has 0 radical (unpaired) electrons. The van der Waals surface area contributed by atoms with Crippen LogP contribution >= 0.6 is 0 Å². The van der Waals surface area contributed by atoms with E-state index < -0.39 is 12.1 Å². The number of hydrogen-bond donors (Lipinski definition) is 1. The van der Waals surface area contributed by atoms with E-state index in [0.29, 0.717) is 11.3 Å². The smallest absolute Gasteiger partial charge is 0.406 e. The van der Waals surface area contributed by atoms with Crippen LogP contribution in [0.3, 0.4) is 0 Å². The molecule has 0 aliphatic rings. The molecule has 2 amide bonds. The van der Waals surface area contributed by atoms with Gasteiger partial charge in [0.25, 0.3) is 11.8 Å². The molecule has 0 spiro atoms. The second kappa shape index (κ2) is 9.55. The fraction of sp³-hybridized carbons (Fsp3) is 0.167. The first kappa shape index (κ1) is 22.9. The molecule has 0 saturated heterocycles. The number of nitrogens with one attached hydrogen (secondary N) is 1. The first-order chi connectivity index (χ1) is 15.1. The SMILES string of the molecule is CC(c1cccc(NC(=O)c2ccccc2)c1)N(C)C(=O)c1ccc(OC(F)(F)F)cc1. The van der Waals surface area contributed by atoms with Crippen molar-refractivity contribution in [2.24, 2.45) is 0 Å². The van der Waals surface area contributed by atoms with E-state index in [2.05, 4.69) is 10.1 Å². The van der Waals surface area contributed by atoms with Crippen molar-refractivity contribution in [2.45, 2.75) is 19.3 Å². The molecule has 1 N–H and O–H groups in total. The Balaban J connectivity index is 1.70. The Morgan fingerprint density at radius 2 is 1.56 bits per heavy atom. The molecule has 3 rings (SSSR count). The number of benzene rings is 3. The monoisotopic (exact) mass is 442 g/mol.